The van der Waals surface area contributed by atoms with Crippen LogP contribution in [0.15, 0.2) is 121 Å². The van der Waals surface area contributed by atoms with Crippen LogP contribution in [0.5, 0.6) is 28.7 Å². The molecule has 0 saturated heterocycles. The molecule has 8 heteroatoms. The van der Waals surface area contributed by atoms with Gasteiger partial charge in [-0.25, -0.2) is 13.2 Å². The number of rotatable bonds is 12. The van der Waals surface area contributed by atoms with Gasteiger partial charge in [-0.3, -0.25) is 0 Å². The van der Waals surface area contributed by atoms with E-state index in [2.05, 4.69) is 223 Å². The first-order valence-corrected chi connectivity index (χ1v) is 48.1. The van der Waals surface area contributed by atoms with Crippen molar-refractivity contribution in [1.82, 2.24) is 0 Å². The third-order valence-corrected chi connectivity index (χ3v) is 28.6. The minimum atomic E-state index is -0.260. The van der Waals surface area contributed by atoms with Gasteiger partial charge in [0, 0.05) is 46.0 Å². The van der Waals surface area contributed by atoms with Gasteiger partial charge in [-0.05, 0) is 377 Å². The lowest BCUT2D eigenvalue weighted by Gasteiger charge is -2.27. The zero-order valence-corrected chi connectivity index (χ0v) is 83.2. The molecule has 2 unspecified atom stereocenters. The largest absolute Gasteiger partial charge is 0.496 e. The molecule has 0 N–H and O–H groups in total. The van der Waals surface area contributed by atoms with Gasteiger partial charge in [-0.15, -0.1) is 0 Å². The van der Waals surface area contributed by atoms with Crippen LogP contribution >= 0.6 is 0 Å². The van der Waals surface area contributed by atoms with Crippen molar-refractivity contribution in [3.63, 3.8) is 0 Å². The van der Waals surface area contributed by atoms with Crippen molar-refractivity contribution < 1.29 is 36.9 Å². The molecule has 10 aromatic rings. The number of methoxy groups -OCH3 is 5. The Bertz CT molecular complexity index is 5580. The third kappa shape index (κ3) is 20.6. The summed E-state index contributed by atoms with van der Waals surface area (Å²) in [6.45, 7) is 53.1. The van der Waals surface area contributed by atoms with Gasteiger partial charge in [0.15, 0.2) is 0 Å². The van der Waals surface area contributed by atoms with Crippen LogP contribution < -0.4 is 23.7 Å². The summed E-state index contributed by atoms with van der Waals surface area (Å²) < 4.78 is 72.1. The molecular weight excluding hydrogens is 1570 g/mol. The van der Waals surface area contributed by atoms with E-state index in [0.717, 1.165) is 70.6 Å². The topological polar surface area (TPSA) is 46.2 Å². The molecule has 7 aliphatic carbocycles. The maximum Gasteiger partial charge on any atom is 0.130 e. The standard InChI is InChI=1S/3C24H31FO.C24H30O.C23H28O/c2*1-14(2)17-11-20(23(26-7)13-22(17)25)19-10-16-9-8-15(3)18(16)12-21(19)24(4,5)6;1-23(2,3)19-12-16-10-8-9-15(16)11-17(19)18-13-20(24(4,5)6)21(25)14-22(18)26-7;1-24(2,3)22-14-18-11-7-10-17(18)12-20(22)21-13-16-8-5-6-9-19(16)15-23(21)25-4;1-23(2,3)21-13-17-9-5-7-15(17)11-19(21)20-12-16-8-6-10-18(16)14-22(20)24-4/h2*10-15H,8-9H2,1-7H3;11-14H,8-10H2,1-7H3;12-15H,5-11H2,1-4H3;11-14H,5-10H2,1-4H3. The highest BCUT2D eigenvalue weighted by atomic mass is 19.1. The molecule has 2 atom stereocenters. The molecule has 7 aliphatic rings. The predicted molar refractivity (Wildman–Crippen MR) is 531 cm³/mol. The molecule has 678 valence electrons. The van der Waals surface area contributed by atoms with E-state index in [1.807, 2.05) is 60.1 Å². The Kier molecular flexibility index (Phi) is 28.5. The van der Waals surface area contributed by atoms with E-state index in [-0.39, 0.29) is 61.8 Å². The van der Waals surface area contributed by atoms with Crippen LogP contribution in [-0.2, 0) is 110 Å². The molecule has 0 amide bonds. The second-order valence-corrected chi connectivity index (χ2v) is 44.8. The third-order valence-electron chi connectivity index (χ3n) is 28.6. The number of aryl methyl sites for hydroxylation is 12. The van der Waals surface area contributed by atoms with Crippen LogP contribution in [-0.4, -0.2) is 35.5 Å². The molecule has 0 spiro atoms. The number of fused-ring (bicyclic) bond motifs is 7. The summed E-state index contributed by atoms with van der Waals surface area (Å²) in [7, 11) is 8.50. The molecule has 0 heterocycles. The fourth-order valence-electron chi connectivity index (χ4n) is 21.2. The quantitative estimate of drug-likeness (QED) is 0.122. The minimum Gasteiger partial charge on any atom is -0.496 e. The molecule has 10 aromatic carbocycles. The summed E-state index contributed by atoms with van der Waals surface area (Å²) in [6.07, 6.45) is 24.4. The van der Waals surface area contributed by atoms with Crippen LogP contribution in [0, 0.1) is 17.5 Å². The van der Waals surface area contributed by atoms with Crippen LogP contribution in [0.2, 0.25) is 0 Å². The van der Waals surface area contributed by atoms with Crippen LogP contribution in [0.3, 0.4) is 0 Å². The summed E-state index contributed by atoms with van der Waals surface area (Å²) in [5.41, 5.74) is 41.9. The van der Waals surface area contributed by atoms with Crippen LogP contribution in [0.25, 0.3) is 55.6 Å². The van der Waals surface area contributed by atoms with E-state index in [1.54, 1.807) is 61.8 Å². The maximum absolute atomic E-state index is 14.7. The SMILES string of the molecule is COc1cc(F)c(C(C)(C)C)cc1-c1cc2c(cc1C(C)(C)C)CCC2.COc1cc(F)c(C(C)C)cc1-c1cc2c(cc1C(C)(C)C)C(C)CC2.COc1cc(F)c(C(C)C)cc1-c1cc2c(cc1C(C)(C)C)C(C)CC2.COc1cc2c(cc1-c1cc3c(cc1C(C)(C)C)CCC3)CCC2.COc1cc2c(cc1-c1cc3c(cc1C(C)(C)C)CCC3)CCCC2. The summed E-state index contributed by atoms with van der Waals surface area (Å²) in [6, 6.07) is 44.1. The zero-order valence-electron chi connectivity index (χ0n) is 83.2. The Labute approximate surface area is 764 Å². The fraction of sp³-hybridized carbons (Fsp3) is 0.496. The highest BCUT2D eigenvalue weighted by molar-refractivity contribution is 5.82. The second-order valence-electron chi connectivity index (χ2n) is 44.8. The van der Waals surface area contributed by atoms with Crippen molar-refractivity contribution in [2.24, 2.45) is 0 Å². The molecule has 0 radical (unpaired) electrons. The highest BCUT2D eigenvalue weighted by Gasteiger charge is 2.35. The lowest BCUT2D eigenvalue weighted by Crippen LogP contribution is -2.16. The van der Waals surface area contributed by atoms with Gasteiger partial charge in [0.05, 0.1) is 35.5 Å². The summed E-state index contributed by atoms with van der Waals surface area (Å²) in [5.74, 6) is 4.84. The summed E-state index contributed by atoms with van der Waals surface area (Å²) in [5, 5.41) is 0. The monoisotopic (exact) mass is 1720 g/mol. The van der Waals surface area contributed by atoms with Gasteiger partial charge >= 0.3 is 0 Å². The highest BCUT2D eigenvalue weighted by Crippen LogP contribution is 2.52. The van der Waals surface area contributed by atoms with Crippen LogP contribution in [0.1, 0.15) is 364 Å². The van der Waals surface area contributed by atoms with Crippen molar-refractivity contribution in [1.29, 1.82) is 0 Å². The van der Waals surface area contributed by atoms with Crippen molar-refractivity contribution in [2.45, 2.75) is 351 Å². The first kappa shape index (κ1) is 95.6. The molecule has 0 aliphatic heterocycles. The van der Waals surface area contributed by atoms with E-state index < -0.39 is 0 Å². The minimum absolute atomic E-state index is 0.00403. The molecule has 127 heavy (non-hydrogen) atoms. The Hall–Kier alpha value is -9.01. The number of hydrogen-bond acceptors (Lipinski definition) is 5. The molecule has 17 rings (SSSR count). The number of halogens is 3. The van der Waals surface area contributed by atoms with E-state index in [0.29, 0.717) is 29.1 Å². The van der Waals surface area contributed by atoms with E-state index >= 15 is 0 Å². The Morgan fingerprint density at radius 3 is 0.709 bits per heavy atom. The first-order valence-electron chi connectivity index (χ1n) is 48.1. The smallest absolute Gasteiger partial charge is 0.130 e. The molecule has 0 bridgehead atoms. The lowest BCUT2D eigenvalue weighted by molar-refractivity contribution is 0.410. The van der Waals surface area contributed by atoms with Gasteiger partial charge in [0.1, 0.15) is 46.2 Å². The second kappa shape index (κ2) is 37.8. The summed E-state index contributed by atoms with van der Waals surface area (Å²) in [4.78, 5) is 0. The lowest BCUT2D eigenvalue weighted by atomic mass is 9.78. The molecule has 0 saturated carbocycles. The number of benzene rings is 10. The van der Waals surface area contributed by atoms with Crippen molar-refractivity contribution >= 4 is 0 Å². The molecular formula is C119H151F3O5. The van der Waals surface area contributed by atoms with Gasteiger partial charge in [0.2, 0.25) is 0 Å². The van der Waals surface area contributed by atoms with Gasteiger partial charge in [-0.2, -0.15) is 0 Å². The fourth-order valence-corrected chi connectivity index (χ4v) is 21.2. The predicted octanol–water partition coefficient (Wildman–Crippen LogP) is 32.2. The van der Waals surface area contributed by atoms with Crippen molar-refractivity contribution in [3.05, 3.63) is 261 Å². The first-order chi connectivity index (χ1) is 59.7. The molecule has 5 nitrogen and oxygen atoms in total. The van der Waals surface area contributed by atoms with Crippen LogP contribution in [0.4, 0.5) is 13.2 Å². The van der Waals surface area contributed by atoms with E-state index in [1.165, 1.54) is 225 Å². The normalized spacial score (nSPS) is 16.2. The average Bonchev–Trinajstić information content (AvgIpc) is 1.65. The van der Waals surface area contributed by atoms with Gasteiger partial charge in [0.25, 0.3) is 0 Å². The average molecular weight is 1720 g/mol. The Morgan fingerprint density at radius 2 is 0.441 bits per heavy atom. The zero-order chi connectivity index (χ0) is 92.2. The number of hydrogen-bond donors (Lipinski definition) is 0. The molecule has 0 aromatic heterocycles. The van der Waals surface area contributed by atoms with E-state index in [4.69, 9.17) is 23.7 Å². The van der Waals surface area contributed by atoms with Crippen molar-refractivity contribution in [2.75, 3.05) is 35.5 Å². The summed E-state index contributed by atoms with van der Waals surface area (Å²) >= 11 is 0. The molecule has 0 fully saturated rings. The Morgan fingerprint density at radius 1 is 0.228 bits per heavy atom. The van der Waals surface area contributed by atoms with Gasteiger partial charge < -0.3 is 23.7 Å². The van der Waals surface area contributed by atoms with Crippen molar-refractivity contribution in [3.8, 4) is 84.4 Å². The Balaban J connectivity index is 0.000000136. The number of ether oxygens (including phenoxy) is 5. The maximum atomic E-state index is 14.7. The van der Waals surface area contributed by atoms with E-state index in [9.17, 15) is 13.2 Å². The van der Waals surface area contributed by atoms with Gasteiger partial charge in [-0.1, -0.05) is 227 Å².